The molecule has 3 atom stereocenters. The zero-order valence-corrected chi connectivity index (χ0v) is 13.3. The Morgan fingerprint density at radius 1 is 1.45 bits per heavy atom. The predicted octanol–water partition coefficient (Wildman–Crippen LogP) is 2.34. The Labute approximate surface area is 121 Å². The van der Waals surface area contributed by atoms with Crippen molar-refractivity contribution in [2.45, 2.75) is 64.8 Å². The molecule has 2 N–H and O–H groups in total. The Kier molecular flexibility index (Phi) is 4.04. The second-order valence-electron chi connectivity index (χ2n) is 7.41. The lowest BCUT2D eigenvalue weighted by Crippen LogP contribution is -2.50. The van der Waals surface area contributed by atoms with Gasteiger partial charge < -0.3 is 15.2 Å². The quantitative estimate of drug-likeness (QED) is 0.864. The summed E-state index contributed by atoms with van der Waals surface area (Å²) in [5, 5.41) is 0. The number of amides is 1. The topological polar surface area (TPSA) is 64.8 Å². The lowest BCUT2D eigenvalue weighted by atomic mass is 10.1. The maximum absolute atomic E-state index is 12.5. The van der Waals surface area contributed by atoms with Crippen LogP contribution in [0.4, 0.5) is 4.79 Å². The molecular weight excluding hydrogens is 256 g/mol. The van der Waals surface area contributed by atoms with Crippen molar-refractivity contribution >= 4 is 6.09 Å². The molecule has 20 heavy (non-hydrogen) atoms. The maximum atomic E-state index is 12.5. The van der Waals surface area contributed by atoms with Gasteiger partial charge >= 0.3 is 6.09 Å². The van der Waals surface area contributed by atoms with Crippen LogP contribution in [0.25, 0.3) is 0 Å². The van der Waals surface area contributed by atoms with E-state index in [9.17, 15) is 4.79 Å². The molecule has 0 aromatic carbocycles. The molecule has 0 aromatic heterocycles. The highest BCUT2D eigenvalue weighted by atomic mass is 16.6. The minimum atomic E-state index is -0.594. The summed E-state index contributed by atoms with van der Waals surface area (Å²) < 4.78 is 11.4. The molecule has 1 heterocycles. The van der Waals surface area contributed by atoms with Crippen LogP contribution in [0.15, 0.2) is 0 Å². The number of nitrogens with two attached hydrogens (primary N) is 1. The largest absolute Gasteiger partial charge is 0.444 e. The Bertz CT molecular complexity index is 376. The molecule has 0 aromatic rings. The molecule has 0 spiro atoms. The Morgan fingerprint density at radius 3 is 2.65 bits per heavy atom. The second-order valence-corrected chi connectivity index (χ2v) is 7.41. The van der Waals surface area contributed by atoms with E-state index in [1.54, 1.807) is 4.90 Å². The molecule has 2 fully saturated rings. The van der Waals surface area contributed by atoms with E-state index in [1.165, 1.54) is 0 Å². The molecule has 1 aliphatic heterocycles. The average molecular weight is 284 g/mol. The van der Waals surface area contributed by atoms with Gasteiger partial charge in [0.25, 0.3) is 0 Å². The molecule has 1 amide bonds. The Hall–Kier alpha value is -0.810. The summed E-state index contributed by atoms with van der Waals surface area (Å²) in [7, 11) is 0. The zero-order valence-electron chi connectivity index (χ0n) is 13.3. The molecule has 116 valence electrons. The summed E-state index contributed by atoms with van der Waals surface area (Å²) in [6, 6.07) is 0.122. The Morgan fingerprint density at radius 2 is 2.10 bits per heavy atom. The molecule has 5 heteroatoms. The standard InChI is InChI=1S/C15H28N2O3/c1-14(2,3)20-13(18)17-12(9-19-15(17,4)5)11-8-10(11)6-7-16/h10-12H,6-9,16H2,1-5H3/t10?,11?,12-/m1/s1. The molecule has 5 nitrogen and oxygen atoms in total. The average Bonchev–Trinajstić information content (AvgIpc) is 2.93. The van der Waals surface area contributed by atoms with Crippen LogP contribution < -0.4 is 5.73 Å². The first-order chi connectivity index (χ1) is 9.15. The fraction of sp³-hybridized carbons (Fsp3) is 0.933. The van der Waals surface area contributed by atoms with Crippen molar-refractivity contribution in [2.24, 2.45) is 17.6 Å². The van der Waals surface area contributed by atoms with Crippen LogP contribution >= 0.6 is 0 Å². The van der Waals surface area contributed by atoms with E-state index in [2.05, 4.69) is 0 Å². The summed E-state index contributed by atoms with van der Waals surface area (Å²) in [5.74, 6) is 1.14. The van der Waals surface area contributed by atoms with Gasteiger partial charge in [0, 0.05) is 0 Å². The first kappa shape index (κ1) is 15.6. The van der Waals surface area contributed by atoms with Crippen LogP contribution in [0.5, 0.6) is 0 Å². The van der Waals surface area contributed by atoms with Crippen LogP contribution in [-0.4, -0.2) is 41.5 Å². The monoisotopic (exact) mass is 284 g/mol. The van der Waals surface area contributed by atoms with Gasteiger partial charge in [-0.1, -0.05) is 0 Å². The normalized spacial score (nSPS) is 32.3. The van der Waals surface area contributed by atoms with Gasteiger partial charge in [-0.05, 0) is 65.8 Å². The summed E-state index contributed by atoms with van der Waals surface area (Å²) in [6.07, 6.45) is 1.90. The van der Waals surface area contributed by atoms with Crippen LogP contribution in [0.2, 0.25) is 0 Å². The number of carbonyl (C=O) groups is 1. The van der Waals surface area contributed by atoms with Crippen LogP contribution in [-0.2, 0) is 9.47 Å². The number of nitrogens with zero attached hydrogens (tertiary/aromatic N) is 1. The number of ether oxygens (including phenoxy) is 2. The summed E-state index contributed by atoms with van der Waals surface area (Å²) >= 11 is 0. The number of hydrogen-bond donors (Lipinski definition) is 1. The highest BCUT2D eigenvalue weighted by molar-refractivity contribution is 5.70. The lowest BCUT2D eigenvalue weighted by molar-refractivity contribution is -0.0633. The SMILES string of the molecule is CC(C)(C)OC(=O)N1[C@@H](C2CC2CCN)COC1(C)C. The molecule has 2 rings (SSSR count). The first-order valence-electron chi connectivity index (χ1n) is 7.52. The first-order valence-corrected chi connectivity index (χ1v) is 7.52. The third-order valence-corrected chi connectivity index (χ3v) is 4.12. The van der Waals surface area contributed by atoms with Gasteiger partial charge in [0.1, 0.15) is 11.3 Å². The van der Waals surface area contributed by atoms with E-state index in [1.807, 2.05) is 34.6 Å². The van der Waals surface area contributed by atoms with E-state index in [4.69, 9.17) is 15.2 Å². The van der Waals surface area contributed by atoms with Gasteiger partial charge in [-0.25, -0.2) is 4.79 Å². The minimum absolute atomic E-state index is 0.122. The maximum Gasteiger partial charge on any atom is 0.412 e. The molecule has 2 unspecified atom stereocenters. The summed E-state index contributed by atoms with van der Waals surface area (Å²) in [6.45, 7) is 10.8. The molecule has 1 aliphatic carbocycles. The summed E-state index contributed by atoms with van der Waals surface area (Å²) in [5.41, 5.74) is 4.54. The molecule has 0 bridgehead atoms. The number of rotatable bonds is 3. The molecule has 0 radical (unpaired) electrons. The zero-order chi connectivity index (χ0) is 15.1. The fourth-order valence-corrected chi connectivity index (χ4v) is 3.10. The number of hydrogen-bond acceptors (Lipinski definition) is 4. The fourth-order valence-electron chi connectivity index (χ4n) is 3.10. The van der Waals surface area contributed by atoms with Gasteiger partial charge in [0.2, 0.25) is 0 Å². The van der Waals surface area contributed by atoms with Crippen molar-refractivity contribution in [3.63, 3.8) is 0 Å². The van der Waals surface area contributed by atoms with Crippen LogP contribution in [0.1, 0.15) is 47.5 Å². The van der Waals surface area contributed by atoms with E-state index >= 15 is 0 Å². The van der Waals surface area contributed by atoms with Gasteiger partial charge in [-0.2, -0.15) is 0 Å². The highest BCUT2D eigenvalue weighted by Gasteiger charge is 2.54. The van der Waals surface area contributed by atoms with Crippen molar-refractivity contribution in [1.82, 2.24) is 4.90 Å². The van der Waals surface area contributed by atoms with E-state index < -0.39 is 11.3 Å². The van der Waals surface area contributed by atoms with Crippen molar-refractivity contribution in [2.75, 3.05) is 13.2 Å². The van der Waals surface area contributed by atoms with Crippen molar-refractivity contribution in [3.05, 3.63) is 0 Å². The summed E-state index contributed by atoms with van der Waals surface area (Å²) in [4.78, 5) is 14.3. The van der Waals surface area contributed by atoms with E-state index in [-0.39, 0.29) is 12.1 Å². The lowest BCUT2D eigenvalue weighted by Gasteiger charge is -2.35. The van der Waals surface area contributed by atoms with Crippen molar-refractivity contribution in [1.29, 1.82) is 0 Å². The molecular formula is C15H28N2O3. The highest BCUT2D eigenvalue weighted by Crippen LogP contribution is 2.49. The van der Waals surface area contributed by atoms with Gasteiger partial charge in [-0.15, -0.1) is 0 Å². The van der Waals surface area contributed by atoms with E-state index in [0.717, 1.165) is 12.8 Å². The molecule has 1 saturated heterocycles. The smallest absolute Gasteiger partial charge is 0.412 e. The predicted molar refractivity (Wildman–Crippen MR) is 77.2 cm³/mol. The van der Waals surface area contributed by atoms with Crippen LogP contribution in [0.3, 0.4) is 0 Å². The Balaban J connectivity index is 2.07. The molecule has 1 saturated carbocycles. The van der Waals surface area contributed by atoms with Crippen molar-refractivity contribution < 1.29 is 14.3 Å². The van der Waals surface area contributed by atoms with E-state index in [0.29, 0.717) is 25.0 Å². The third-order valence-electron chi connectivity index (χ3n) is 4.12. The second kappa shape index (κ2) is 5.19. The molecule has 2 aliphatic rings. The third kappa shape index (κ3) is 3.26. The number of carbonyl (C=O) groups excluding carboxylic acids is 1. The van der Waals surface area contributed by atoms with Gasteiger partial charge in [-0.3, -0.25) is 4.90 Å². The van der Waals surface area contributed by atoms with Gasteiger partial charge in [0.15, 0.2) is 0 Å². The van der Waals surface area contributed by atoms with Gasteiger partial charge in [0.05, 0.1) is 12.6 Å². The minimum Gasteiger partial charge on any atom is -0.444 e. The van der Waals surface area contributed by atoms with Crippen LogP contribution in [0, 0.1) is 11.8 Å². The van der Waals surface area contributed by atoms with Crippen molar-refractivity contribution in [3.8, 4) is 0 Å².